The van der Waals surface area contributed by atoms with Gasteiger partial charge in [0.05, 0.1) is 25.4 Å². The standard InChI is InChI=1S/C26H38O8/c1-8-11-21(31-16-29-6)24-22(33-26(4,5)34-24)13-10-12-17(3)32-25(28)23-18(9-2)14-19(30-7)15-20(23)27/h8-9,14-15,17,21-22,24,27H,1-2,10-13,16H2,3-7H3/t17-,21-,22-,24-/m0/s1. The first kappa shape index (κ1) is 27.9. The van der Waals surface area contributed by atoms with Crippen LogP contribution in [0.15, 0.2) is 31.4 Å². The molecular weight excluding hydrogens is 440 g/mol. The highest BCUT2D eigenvalue weighted by atomic mass is 16.8. The van der Waals surface area contributed by atoms with Crippen LogP contribution in [-0.2, 0) is 23.7 Å². The Bertz CT molecular complexity index is 834. The second-order valence-corrected chi connectivity index (χ2v) is 8.74. The van der Waals surface area contributed by atoms with Gasteiger partial charge in [0.2, 0.25) is 0 Å². The van der Waals surface area contributed by atoms with E-state index in [1.165, 1.54) is 19.3 Å². The topological polar surface area (TPSA) is 92.7 Å². The van der Waals surface area contributed by atoms with Gasteiger partial charge in [0.1, 0.15) is 30.0 Å². The van der Waals surface area contributed by atoms with Gasteiger partial charge in [0, 0.05) is 13.2 Å². The van der Waals surface area contributed by atoms with E-state index in [0.717, 1.165) is 6.42 Å². The second kappa shape index (κ2) is 12.9. The third-order valence-corrected chi connectivity index (χ3v) is 5.58. The first-order valence-corrected chi connectivity index (χ1v) is 11.5. The van der Waals surface area contributed by atoms with Crippen molar-refractivity contribution in [3.63, 3.8) is 0 Å². The van der Waals surface area contributed by atoms with Gasteiger partial charge in [0.25, 0.3) is 0 Å². The summed E-state index contributed by atoms with van der Waals surface area (Å²) < 4.78 is 33.8. The molecule has 190 valence electrons. The summed E-state index contributed by atoms with van der Waals surface area (Å²) in [6.07, 6.45) is 4.87. The van der Waals surface area contributed by atoms with Crippen molar-refractivity contribution in [2.45, 2.75) is 76.7 Å². The van der Waals surface area contributed by atoms with Gasteiger partial charge < -0.3 is 33.5 Å². The fraction of sp³-hybridized carbons (Fsp3) is 0.577. The van der Waals surface area contributed by atoms with E-state index in [2.05, 4.69) is 13.2 Å². The predicted octanol–water partition coefficient (Wildman–Crippen LogP) is 4.84. The zero-order chi connectivity index (χ0) is 25.3. The Morgan fingerprint density at radius 3 is 2.62 bits per heavy atom. The van der Waals surface area contributed by atoms with E-state index in [0.29, 0.717) is 30.6 Å². The molecule has 0 aromatic heterocycles. The van der Waals surface area contributed by atoms with E-state index < -0.39 is 11.8 Å². The zero-order valence-electron chi connectivity index (χ0n) is 20.9. The number of phenolic OH excluding ortho intramolecular Hbond substituents is 1. The summed E-state index contributed by atoms with van der Waals surface area (Å²) >= 11 is 0. The van der Waals surface area contributed by atoms with Gasteiger partial charge in [-0.25, -0.2) is 4.79 Å². The van der Waals surface area contributed by atoms with Gasteiger partial charge >= 0.3 is 5.97 Å². The molecule has 0 unspecified atom stereocenters. The van der Waals surface area contributed by atoms with Crippen molar-refractivity contribution in [3.05, 3.63) is 42.5 Å². The van der Waals surface area contributed by atoms with Crippen molar-refractivity contribution in [3.8, 4) is 11.5 Å². The number of carbonyl (C=O) groups is 1. The summed E-state index contributed by atoms with van der Waals surface area (Å²) in [5, 5.41) is 10.3. The summed E-state index contributed by atoms with van der Waals surface area (Å²) in [5.41, 5.74) is 0.513. The fourth-order valence-electron chi connectivity index (χ4n) is 4.05. The lowest BCUT2D eigenvalue weighted by Crippen LogP contribution is -2.37. The minimum Gasteiger partial charge on any atom is -0.507 e. The summed E-state index contributed by atoms with van der Waals surface area (Å²) in [6.45, 7) is 13.3. The van der Waals surface area contributed by atoms with Crippen LogP contribution >= 0.6 is 0 Å². The summed E-state index contributed by atoms with van der Waals surface area (Å²) in [6, 6.07) is 3.00. The maximum Gasteiger partial charge on any atom is 0.342 e. The smallest absolute Gasteiger partial charge is 0.342 e. The first-order valence-electron chi connectivity index (χ1n) is 11.5. The molecule has 2 rings (SSSR count). The third kappa shape index (κ3) is 7.56. The largest absolute Gasteiger partial charge is 0.507 e. The van der Waals surface area contributed by atoms with Crippen LogP contribution in [0.2, 0.25) is 0 Å². The highest BCUT2D eigenvalue weighted by Crippen LogP contribution is 2.35. The Morgan fingerprint density at radius 1 is 1.26 bits per heavy atom. The van der Waals surface area contributed by atoms with Gasteiger partial charge in [-0.2, -0.15) is 0 Å². The molecule has 8 heteroatoms. The van der Waals surface area contributed by atoms with Gasteiger partial charge in [-0.05, 0) is 58.1 Å². The van der Waals surface area contributed by atoms with E-state index >= 15 is 0 Å². The highest BCUT2D eigenvalue weighted by Gasteiger charge is 2.45. The Labute approximate surface area is 202 Å². The SMILES string of the molecule is C=CC[C@H](OCOC)[C@@H]1OC(C)(C)O[C@H]1CCC[C@H](C)OC(=O)c1c(O)cc(OC)cc1C=C. The number of phenols is 1. The molecule has 4 atom stereocenters. The number of aromatic hydroxyl groups is 1. The first-order chi connectivity index (χ1) is 16.1. The van der Waals surface area contributed by atoms with Gasteiger partial charge in [-0.3, -0.25) is 0 Å². The molecule has 1 aromatic carbocycles. The van der Waals surface area contributed by atoms with Crippen LogP contribution in [0.5, 0.6) is 11.5 Å². The van der Waals surface area contributed by atoms with Crippen LogP contribution in [0.4, 0.5) is 0 Å². The number of esters is 1. The van der Waals surface area contributed by atoms with Crippen molar-refractivity contribution in [2.75, 3.05) is 21.0 Å². The molecule has 1 saturated heterocycles. The van der Waals surface area contributed by atoms with E-state index in [-0.39, 0.29) is 42.5 Å². The summed E-state index contributed by atoms with van der Waals surface area (Å²) in [7, 11) is 3.06. The van der Waals surface area contributed by atoms with E-state index in [9.17, 15) is 9.90 Å². The molecule has 8 nitrogen and oxygen atoms in total. The lowest BCUT2D eigenvalue weighted by atomic mass is 9.99. The second-order valence-electron chi connectivity index (χ2n) is 8.74. The Morgan fingerprint density at radius 2 is 2.00 bits per heavy atom. The summed E-state index contributed by atoms with van der Waals surface area (Å²) in [5.74, 6) is -1.12. The van der Waals surface area contributed by atoms with Crippen LogP contribution in [0, 0.1) is 0 Å². The third-order valence-electron chi connectivity index (χ3n) is 5.58. The Hall–Kier alpha value is -2.39. The Kier molecular flexibility index (Phi) is 10.6. The number of hydrogen-bond acceptors (Lipinski definition) is 8. The maximum atomic E-state index is 12.7. The molecule has 0 radical (unpaired) electrons. The molecule has 1 fully saturated rings. The molecule has 0 bridgehead atoms. The number of carbonyl (C=O) groups excluding carboxylic acids is 1. The highest BCUT2D eigenvalue weighted by molar-refractivity contribution is 5.97. The normalized spacial score (nSPS) is 21.0. The molecule has 1 aromatic rings. The monoisotopic (exact) mass is 478 g/mol. The van der Waals surface area contributed by atoms with Crippen LogP contribution in [0.1, 0.15) is 62.4 Å². The average Bonchev–Trinajstić information content (AvgIpc) is 3.09. The van der Waals surface area contributed by atoms with Crippen LogP contribution < -0.4 is 4.74 Å². The number of hydrogen-bond donors (Lipinski definition) is 1. The Balaban J connectivity index is 1.96. The minimum atomic E-state index is -0.726. The molecule has 0 amide bonds. The quantitative estimate of drug-likeness (QED) is 0.231. The van der Waals surface area contributed by atoms with Crippen molar-refractivity contribution < 1.29 is 38.3 Å². The fourth-order valence-corrected chi connectivity index (χ4v) is 4.05. The molecular formula is C26H38O8. The van der Waals surface area contributed by atoms with Crippen LogP contribution in [0.3, 0.4) is 0 Å². The summed E-state index contributed by atoms with van der Waals surface area (Å²) in [4.78, 5) is 12.7. The maximum absolute atomic E-state index is 12.7. The van der Waals surface area contributed by atoms with E-state index in [1.54, 1.807) is 19.3 Å². The molecule has 1 aliphatic rings. The minimum absolute atomic E-state index is 0.0690. The molecule has 1 aliphatic heterocycles. The molecule has 0 spiro atoms. The van der Waals surface area contributed by atoms with Crippen LogP contribution in [0.25, 0.3) is 6.08 Å². The van der Waals surface area contributed by atoms with Crippen molar-refractivity contribution >= 4 is 12.0 Å². The lowest BCUT2D eigenvalue weighted by molar-refractivity contribution is -0.169. The van der Waals surface area contributed by atoms with Crippen molar-refractivity contribution in [2.24, 2.45) is 0 Å². The van der Waals surface area contributed by atoms with Crippen LogP contribution in [-0.4, -0.2) is 62.3 Å². The molecule has 1 N–H and O–H groups in total. The number of methoxy groups -OCH3 is 2. The van der Waals surface area contributed by atoms with Gasteiger partial charge in [0.15, 0.2) is 5.79 Å². The van der Waals surface area contributed by atoms with Gasteiger partial charge in [-0.15, -0.1) is 6.58 Å². The molecule has 34 heavy (non-hydrogen) atoms. The lowest BCUT2D eigenvalue weighted by Gasteiger charge is -2.26. The van der Waals surface area contributed by atoms with Crippen molar-refractivity contribution in [1.29, 1.82) is 0 Å². The van der Waals surface area contributed by atoms with E-state index in [1.807, 2.05) is 20.8 Å². The molecule has 1 heterocycles. The van der Waals surface area contributed by atoms with Crippen molar-refractivity contribution in [1.82, 2.24) is 0 Å². The van der Waals surface area contributed by atoms with Gasteiger partial charge in [-0.1, -0.05) is 18.7 Å². The predicted molar refractivity (Wildman–Crippen MR) is 129 cm³/mol. The average molecular weight is 479 g/mol. The number of rotatable bonds is 14. The number of benzene rings is 1. The molecule has 0 aliphatic carbocycles. The zero-order valence-corrected chi connectivity index (χ0v) is 20.9. The number of ether oxygens (including phenoxy) is 6. The molecule has 0 saturated carbocycles. The van der Waals surface area contributed by atoms with E-state index in [4.69, 9.17) is 28.4 Å².